The summed E-state index contributed by atoms with van der Waals surface area (Å²) in [6.07, 6.45) is 0. The molecular weight excluding hydrogens is 356 g/mol. The third kappa shape index (κ3) is 2.49. The van der Waals surface area contributed by atoms with Crippen LogP contribution in [0.5, 0.6) is 0 Å². The number of anilines is 1. The first kappa shape index (κ1) is 11.3. The van der Waals surface area contributed by atoms with E-state index in [2.05, 4.69) is 46.0 Å². The minimum Gasteiger partial charge on any atom is -0.165 e. The lowest BCUT2D eigenvalue weighted by Crippen LogP contribution is -2.28. The van der Waals surface area contributed by atoms with Crippen molar-refractivity contribution in [3.05, 3.63) is 27.1 Å². The van der Waals surface area contributed by atoms with Crippen molar-refractivity contribution in [3.63, 3.8) is 0 Å². The molecule has 1 aromatic carbocycles. The van der Waals surface area contributed by atoms with E-state index in [-0.39, 0.29) is 0 Å². The van der Waals surface area contributed by atoms with Gasteiger partial charge in [0.2, 0.25) is 0 Å². The molecule has 1 aromatic rings. The van der Waals surface area contributed by atoms with Gasteiger partial charge in [-0.2, -0.15) is 8.42 Å². The minimum atomic E-state index is -3.99. The molecule has 2 rings (SSSR count). The van der Waals surface area contributed by atoms with Crippen molar-refractivity contribution < 1.29 is 17.0 Å². The number of nitrogens with zero attached hydrogens (tertiary/aromatic N) is 1. The van der Waals surface area contributed by atoms with Crippen molar-refractivity contribution in [1.29, 1.82) is 0 Å². The lowest BCUT2D eigenvalue weighted by molar-refractivity contribution is 0.198. The zero-order chi connectivity index (χ0) is 11.1. The van der Waals surface area contributed by atoms with Gasteiger partial charge in [-0.3, -0.25) is 0 Å². The van der Waals surface area contributed by atoms with Crippen molar-refractivity contribution in [2.24, 2.45) is 0 Å². The van der Waals surface area contributed by atoms with Crippen molar-refractivity contribution in [2.45, 2.75) is 0 Å². The van der Waals surface area contributed by atoms with Gasteiger partial charge in [-0.25, -0.2) is 0 Å². The first-order valence-electron chi connectivity index (χ1n) is 3.62. The Bertz CT molecular complexity index is 492. The Morgan fingerprint density at radius 2 is 2.07 bits per heavy atom. The smallest absolute Gasteiger partial charge is 0.165 e. The normalized spacial score (nSPS) is 19.5. The number of hydrogen-bond acceptors (Lipinski definition) is 6. The van der Waals surface area contributed by atoms with E-state index in [0.717, 1.165) is 9.64 Å². The summed E-state index contributed by atoms with van der Waals surface area (Å²) in [5, 5.41) is 0.893. The van der Waals surface area contributed by atoms with Gasteiger partial charge in [0.05, 0.1) is 0 Å². The SMILES string of the molecule is O=S1(=O)ONN(c2cc(Br)ccc2Br)O1. The van der Waals surface area contributed by atoms with Crippen molar-refractivity contribution >= 4 is 47.9 Å². The highest BCUT2D eigenvalue weighted by atomic mass is 79.9. The van der Waals surface area contributed by atoms with Crippen LogP contribution in [0.15, 0.2) is 27.1 Å². The highest BCUT2D eigenvalue weighted by Gasteiger charge is 2.30. The Labute approximate surface area is 103 Å². The summed E-state index contributed by atoms with van der Waals surface area (Å²) in [4.78, 5) is 0. The van der Waals surface area contributed by atoms with Gasteiger partial charge in [0.15, 0.2) is 0 Å². The summed E-state index contributed by atoms with van der Waals surface area (Å²) in [5.41, 5.74) is 2.57. The molecule has 0 aliphatic carbocycles. The molecule has 1 aliphatic heterocycles. The van der Waals surface area contributed by atoms with Gasteiger partial charge in [0, 0.05) is 8.95 Å². The Hall–Kier alpha value is -0.190. The van der Waals surface area contributed by atoms with Crippen LogP contribution in [0.2, 0.25) is 0 Å². The second-order valence-corrected chi connectivity index (χ2v) is 5.45. The Balaban J connectivity index is 2.35. The molecule has 0 unspecified atom stereocenters. The van der Waals surface area contributed by atoms with Crippen LogP contribution in [0.25, 0.3) is 0 Å². The van der Waals surface area contributed by atoms with Gasteiger partial charge in [0.1, 0.15) is 5.69 Å². The fourth-order valence-electron chi connectivity index (χ4n) is 0.932. The standard InChI is InChI=1S/C6H4Br2N2O4S/c7-4-1-2-5(8)6(3-4)10-9-13-15(11,12)14-10/h1-3,9H. The number of halogens is 2. The molecule has 0 radical (unpaired) electrons. The lowest BCUT2D eigenvalue weighted by atomic mass is 10.3. The number of benzene rings is 1. The van der Waals surface area contributed by atoms with Crippen molar-refractivity contribution in [3.8, 4) is 0 Å². The first-order chi connectivity index (χ1) is 6.98. The summed E-state index contributed by atoms with van der Waals surface area (Å²) in [6.45, 7) is 0. The van der Waals surface area contributed by atoms with Crippen molar-refractivity contribution in [2.75, 3.05) is 5.17 Å². The zero-order valence-corrected chi connectivity index (χ0v) is 11.0. The van der Waals surface area contributed by atoms with E-state index in [1.54, 1.807) is 18.2 Å². The topological polar surface area (TPSA) is 67.9 Å². The van der Waals surface area contributed by atoms with Gasteiger partial charge in [-0.1, -0.05) is 21.5 Å². The molecule has 0 aromatic heterocycles. The fourth-order valence-corrected chi connectivity index (χ4v) is 2.17. The largest absolute Gasteiger partial charge is 0.440 e. The molecule has 82 valence electrons. The van der Waals surface area contributed by atoms with Gasteiger partial charge in [0.25, 0.3) is 0 Å². The molecule has 0 atom stereocenters. The maximum Gasteiger partial charge on any atom is 0.440 e. The van der Waals surface area contributed by atoms with Crippen LogP contribution in [0, 0.1) is 0 Å². The van der Waals surface area contributed by atoms with Crippen LogP contribution in [0.1, 0.15) is 0 Å². The van der Waals surface area contributed by atoms with Crippen LogP contribution in [-0.2, 0) is 19.0 Å². The summed E-state index contributed by atoms with van der Waals surface area (Å²) in [6, 6.07) is 5.18. The van der Waals surface area contributed by atoms with E-state index in [1.807, 2.05) is 0 Å². The third-order valence-electron chi connectivity index (χ3n) is 1.52. The molecule has 1 N–H and O–H groups in total. The molecule has 0 saturated carbocycles. The van der Waals surface area contributed by atoms with E-state index in [9.17, 15) is 8.42 Å². The molecule has 15 heavy (non-hydrogen) atoms. The molecular formula is C6H4Br2N2O4S. The predicted molar refractivity (Wildman–Crippen MR) is 58.5 cm³/mol. The molecule has 6 nitrogen and oxygen atoms in total. The monoisotopic (exact) mass is 358 g/mol. The second-order valence-electron chi connectivity index (χ2n) is 2.55. The zero-order valence-electron chi connectivity index (χ0n) is 6.98. The number of rotatable bonds is 1. The number of hydrazine groups is 1. The van der Waals surface area contributed by atoms with Crippen LogP contribution >= 0.6 is 31.9 Å². The van der Waals surface area contributed by atoms with Gasteiger partial charge >= 0.3 is 10.4 Å². The summed E-state index contributed by atoms with van der Waals surface area (Å²) in [7, 11) is -3.99. The maximum absolute atomic E-state index is 10.8. The molecule has 0 spiro atoms. The molecule has 1 heterocycles. The molecule has 1 aliphatic rings. The van der Waals surface area contributed by atoms with E-state index in [1.165, 1.54) is 0 Å². The van der Waals surface area contributed by atoms with Gasteiger partial charge in [-0.15, -0.1) is 13.7 Å². The van der Waals surface area contributed by atoms with Crippen LogP contribution in [0.3, 0.4) is 0 Å². The molecule has 9 heteroatoms. The van der Waals surface area contributed by atoms with Crippen LogP contribution < -0.4 is 10.8 Å². The second kappa shape index (κ2) is 4.00. The highest BCUT2D eigenvalue weighted by Crippen LogP contribution is 2.30. The van der Waals surface area contributed by atoms with E-state index >= 15 is 0 Å². The number of hydrogen-bond donors (Lipinski definition) is 1. The summed E-state index contributed by atoms with van der Waals surface area (Å²) < 4.78 is 31.8. The molecule has 0 bridgehead atoms. The van der Waals surface area contributed by atoms with Gasteiger partial charge in [-0.05, 0) is 34.1 Å². The van der Waals surface area contributed by atoms with Gasteiger partial charge < -0.3 is 0 Å². The van der Waals surface area contributed by atoms with Crippen molar-refractivity contribution in [1.82, 2.24) is 5.59 Å². The van der Waals surface area contributed by atoms with E-state index < -0.39 is 10.4 Å². The highest BCUT2D eigenvalue weighted by molar-refractivity contribution is 9.11. The van der Waals surface area contributed by atoms with E-state index in [4.69, 9.17) is 0 Å². The molecule has 1 saturated heterocycles. The molecule has 0 amide bonds. The number of nitrogens with one attached hydrogen (secondary N) is 1. The lowest BCUT2D eigenvalue weighted by Gasteiger charge is -2.12. The van der Waals surface area contributed by atoms with Crippen LogP contribution in [0.4, 0.5) is 5.69 Å². The third-order valence-corrected chi connectivity index (χ3v) is 3.29. The average molecular weight is 360 g/mol. The quantitative estimate of drug-likeness (QED) is 0.822. The molecule has 1 fully saturated rings. The Kier molecular flexibility index (Phi) is 3.01. The Morgan fingerprint density at radius 1 is 1.33 bits per heavy atom. The predicted octanol–water partition coefficient (Wildman–Crippen LogP) is 1.64. The first-order valence-corrected chi connectivity index (χ1v) is 6.54. The fraction of sp³-hybridized carbons (Fsp3) is 0. The average Bonchev–Trinajstić information content (AvgIpc) is 2.50. The maximum atomic E-state index is 10.8. The Morgan fingerprint density at radius 3 is 2.67 bits per heavy atom. The summed E-state index contributed by atoms with van der Waals surface area (Å²) >= 11 is 6.50. The summed E-state index contributed by atoms with van der Waals surface area (Å²) in [5.74, 6) is 0. The van der Waals surface area contributed by atoms with Crippen LogP contribution in [-0.4, -0.2) is 8.42 Å². The van der Waals surface area contributed by atoms with E-state index in [0.29, 0.717) is 10.2 Å². The minimum absolute atomic E-state index is 0.463.